The van der Waals surface area contributed by atoms with Crippen LogP contribution < -0.4 is 16.4 Å². The Labute approximate surface area is 103 Å². The zero-order chi connectivity index (χ0) is 13.0. The number of rotatable bonds is 5. The Morgan fingerprint density at radius 1 is 1.41 bits per heavy atom. The zero-order valence-corrected chi connectivity index (χ0v) is 10.7. The molecule has 0 heterocycles. The molecule has 1 amide bonds. The fourth-order valence-electron chi connectivity index (χ4n) is 1.60. The maximum Gasteiger partial charge on any atom is 0.248 e. The van der Waals surface area contributed by atoms with Crippen LogP contribution in [0.1, 0.15) is 30.6 Å². The van der Waals surface area contributed by atoms with Crippen molar-refractivity contribution in [2.75, 3.05) is 24.2 Å². The molecule has 94 valence electrons. The number of nitrogen functional groups attached to an aromatic ring is 1. The normalized spacial score (nSPS) is 10.6. The Hall–Kier alpha value is -1.71. The first-order chi connectivity index (χ1) is 7.91. The molecule has 0 saturated heterocycles. The third-order valence-electron chi connectivity index (χ3n) is 2.77. The number of benzene rings is 1. The number of carbonyl (C=O) groups excluding carboxylic acids is 1. The van der Waals surface area contributed by atoms with E-state index in [-0.39, 0.29) is 0 Å². The van der Waals surface area contributed by atoms with E-state index in [2.05, 4.69) is 18.7 Å². The summed E-state index contributed by atoms with van der Waals surface area (Å²) in [5.74, 6) is 0.210. The third kappa shape index (κ3) is 3.66. The highest BCUT2D eigenvalue weighted by Gasteiger charge is 2.09. The summed E-state index contributed by atoms with van der Waals surface area (Å²) in [6.07, 6.45) is 1.08. The van der Waals surface area contributed by atoms with Crippen molar-refractivity contribution >= 4 is 17.3 Å². The monoisotopic (exact) mass is 235 g/mol. The fourth-order valence-corrected chi connectivity index (χ4v) is 1.60. The van der Waals surface area contributed by atoms with Crippen molar-refractivity contribution in [3.05, 3.63) is 23.8 Å². The first-order valence-corrected chi connectivity index (χ1v) is 5.82. The van der Waals surface area contributed by atoms with Crippen LogP contribution in [0.5, 0.6) is 0 Å². The second-order valence-electron chi connectivity index (χ2n) is 4.74. The number of nitrogens with zero attached hydrogens (tertiary/aromatic N) is 1. The summed E-state index contributed by atoms with van der Waals surface area (Å²) in [6.45, 7) is 5.26. The molecule has 0 saturated carbocycles. The molecule has 0 aliphatic rings. The minimum atomic E-state index is -0.427. The highest BCUT2D eigenvalue weighted by molar-refractivity contribution is 5.95. The quantitative estimate of drug-likeness (QED) is 0.765. The van der Waals surface area contributed by atoms with Gasteiger partial charge in [-0.25, -0.2) is 0 Å². The molecule has 4 nitrogen and oxygen atoms in total. The van der Waals surface area contributed by atoms with Gasteiger partial charge in [-0.1, -0.05) is 13.8 Å². The van der Waals surface area contributed by atoms with Crippen LogP contribution >= 0.6 is 0 Å². The maximum absolute atomic E-state index is 11.1. The summed E-state index contributed by atoms with van der Waals surface area (Å²) >= 11 is 0. The van der Waals surface area contributed by atoms with Gasteiger partial charge < -0.3 is 16.4 Å². The van der Waals surface area contributed by atoms with Crippen LogP contribution in [0, 0.1) is 5.92 Å². The van der Waals surface area contributed by atoms with Crippen LogP contribution in [0.25, 0.3) is 0 Å². The molecular formula is C13H21N3O. The van der Waals surface area contributed by atoms with Crippen molar-refractivity contribution < 1.29 is 4.79 Å². The van der Waals surface area contributed by atoms with Gasteiger partial charge in [0.05, 0.1) is 11.4 Å². The lowest BCUT2D eigenvalue weighted by Crippen LogP contribution is -2.22. The third-order valence-corrected chi connectivity index (χ3v) is 2.77. The number of hydrogen-bond donors (Lipinski definition) is 2. The van der Waals surface area contributed by atoms with Gasteiger partial charge in [-0.2, -0.15) is 0 Å². The highest BCUT2D eigenvalue weighted by Crippen LogP contribution is 2.24. The molecule has 0 radical (unpaired) electrons. The highest BCUT2D eigenvalue weighted by atomic mass is 16.1. The van der Waals surface area contributed by atoms with Crippen molar-refractivity contribution in [3.8, 4) is 0 Å². The Bertz CT molecular complexity index is 402. The topological polar surface area (TPSA) is 72.3 Å². The van der Waals surface area contributed by atoms with Gasteiger partial charge in [-0.3, -0.25) is 4.79 Å². The molecule has 1 aromatic carbocycles. The standard InChI is InChI=1S/C13H21N3O/c1-9(2)6-7-16(3)12-8-10(13(15)17)4-5-11(12)14/h4-5,8-9H,6-7,14H2,1-3H3,(H2,15,17). The lowest BCUT2D eigenvalue weighted by atomic mass is 10.1. The molecule has 4 N–H and O–H groups in total. The van der Waals surface area contributed by atoms with E-state index in [1.807, 2.05) is 7.05 Å². The molecule has 0 bridgehead atoms. The van der Waals surface area contributed by atoms with Crippen molar-refractivity contribution in [1.29, 1.82) is 0 Å². The number of carbonyl (C=O) groups is 1. The Morgan fingerprint density at radius 3 is 2.59 bits per heavy atom. The van der Waals surface area contributed by atoms with Crippen LogP contribution in [0.2, 0.25) is 0 Å². The molecule has 0 fully saturated rings. The van der Waals surface area contributed by atoms with Crippen molar-refractivity contribution in [2.24, 2.45) is 11.7 Å². The van der Waals surface area contributed by atoms with Gasteiger partial charge in [0, 0.05) is 19.2 Å². The second-order valence-corrected chi connectivity index (χ2v) is 4.74. The van der Waals surface area contributed by atoms with Gasteiger partial charge in [-0.15, -0.1) is 0 Å². The van der Waals surface area contributed by atoms with Gasteiger partial charge in [0.25, 0.3) is 0 Å². The molecule has 0 unspecified atom stereocenters. The van der Waals surface area contributed by atoms with E-state index >= 15 is 0 Å². The number of nitrogens with two attached hydrogens (primary N) is 2. The molecule has 4 heteroatoms. The lowest BCUT2D eigenvalue weighted by molar-refractivity contribution is 0.100. The van der Waals surface area contributed by atoms with E-state index in [4.69, 9.17) is 11.5 Å². The SMILES string of the molecule is CC(C)CCN(C)c1cc(C(N)=O)ccc1N. The summed E-state index contributed by atoms with van der Waals surface area (Å²) in [5.41, 5.74) is 13.2. The van der Waals surface area contributed by atoms with Crippen LogP contribution in [-0.2, 0) is 0 Å². The summed E-state index contributed by atoms with van der Waals surface area (Å²) in [5, 5.41) is 0. The van der Waals surface area contributed by atoms with Gasteiger partial charge >= 0.3 is 0 Å². The van der Waals surface area contributed by atoms with Crippen molar-refractivity contribution in [1.82, 2.24) is 0 Å². The van der Waals surface area contributed by atoms with E-state index in [0.29, 0.717) is 17.2 Å². The first kappa shape index (κ1) is 13.4. The molecule has 1 aromatic rings. The Morgan fingerprint density at radius 2 is 2.06 bits per heavy atom. The smallest absolute Gasteiger partial charge is 0.248 e. The largest absolute Gasteiger partial charge is 0.397 e. The van der Waals surface area contributed by atoms with E-state index in [9.17, 15) is 4.79 Å². The number of amides is 1. The van der Waals surface area contributed by atoms with Gasteiger partial charge in [0.2, 0.25) is 5.91 Å². The Kier molecular flexibility index (Phi) is 4.37. The minimum Gasteiger partial charge on any atom is -0.397 e. The van der Waals surface area contributed by atoms with Gasteiger partial charge in [0.1, 0.15) is 0 Å². The number of hydrogen-bond acceptors (Lipinski definition) is 3. The second kappa shape index (κ2) is 5.57. The van der Waals surface area contributed by atoms with Crippen molar-refractivity contribution in [3.63, 3.8) is 0 Å². The van der Waals surface area contributed by atoms with Crippen LogP contribution in [0.3, 0.4) is 0 Å². The van der Waals surface area contributed by atoms with Crippen LogP contribution in [0.4, 0.5) is 11.4 Å². The van der Waals surface area contributed by atoms with Crippen molar-refractivity contribution in [2.45, 2.75) is 20.3 Å². The van der Waals surface area contributed by atoms with E-state index in [0.717, 1.165) is 18.7 Å². The molecular weight excluding hydrogens is 214 g/mol. The number of anilines is 2. The molecule has 0 aliphatic carbocycles. The molecule has 0 aromatic heterocycles. The molecule has 17 heavy (non-hydrogen) atoms. The molecule has 0 aliphatic heterocycles. The van der Waals surface area contributed by atoms with Gasteiger partial charge in [-0.05, 0) is 30.5 Å². The van der Waals surface area contributed by atoms with E-state index in [1.54, 1.807) is 18.2 Å². The van der Waals surface area contributed by atoms with E-state index in [1.165, 1.54) is 0 Å². The fraction of sp³-hybridized carbons (Fsp3) is 0.462. The summed E-state index contributed by atoms with van der Waals surface area (Å²) < 4.78 is 0. The molecule has 0 spiro atoms. The van der Waals surface area contributed by atoms with E-state index < -0.39 is 5.91 Å². The summed E-state index contributed by atoms with van der Waals surface area (Å²) in [7, 11) is 1.97. The minimum absolute atomic E-state index is 0.427. The number of primary amides is 1. The van der Waals surface area contributed by atoms with Crippen LogP contribution in [-0.4, -0.2) is 19.5 Å². The molecule has 1 rings (SSSR count). The predicted octanol–water partition coefficient (Wildman–Crippen LogP) is 1.85. The average Bonchev–Trinajstić information content (AvgIpc) is 2.26. The average molecular weight is 235 g/mol. The maximum atomic E-state index is 11.1. The predicted molar refractivity (Wildman–Crippen MR) is 72.1 cm³/mol. The van der Waals surface area contributed by atoms with Gasteiger partial charge in [0.15, 0.2) is 0 Å². The first-order valence-electron chi connectivity index (χ1n) is 5.82. The Balaban J connectivity index is 2.87. The lowest BCUT2D eigenvalue weighted by Gasteiger charge is -2.22. The van der Waals surface area contributed by atoms with Crippen LogP contribution in [0.15, 0.2) is 18.2 Å². The summed E-state index contributed by atoms with van der Waals surface area (Å²) in [6, 6.07) is 5.12. The zero-order valence-electron chi connectivity index (χ0n) is 10.7. The summed E-state index contributed by atoms with van der Waals surface area (Å²) in [4.78, 5) is 13.2. The molecule has 0 atom stereocenters.